The van der Waals surface area contributed by atoms with Crippen LogP contribution in [0.3, 0.4) is 0 Å². The second-order valence-electron chi connectivity index (χ2n) is 1.86. The molecule has 56 valence electrons. The molecule has 1 aromatic heterocycles. The van der Waals surface area contributed by atoms with Gasteiger partial charge >= 0.3 is 0 Å². The molecule has 0 saturated carbocycles. The molecule has 0 fully saturated rings. The van der Waals surface area contributed by atoms with E-state index in [-0.39, 0.29) is 0 Å². The van der Waals surface area contributed by atoms with Crippen molar-refractivity contribution in [2.75, 3.05) is 0 Å². The third-order valence-electron chi connectivity index (χ3n) is 1.05. The molecule has 0 N–H and O–H groups in total. The average molecular weight is 150 g/mol. The third kappa shape index (κ3) is 2.57. The van der Waals surface area contributed by atoms with Crippen LogP contribution in [-0.4, -0.2) is 9.91 Å². The first-order chi connectivity index (χ1) is 5.29. The summed E-state index contributed by atoms with van der Waals surface area (Å²) in [4.78, 5) is 13.2. The molecule has 0 aromatic carbocycles. The van der Waals surface area contributed by atoms with Crippen LogP contribution < -0.4 is 0 Å². The summed E-state index contributed by atoms with van der Waals surface area (Å²) in [7, 11) is 0. The van der Waals surface area contributed by atoms with Crippen LogP contribution in [0.1, 0.15) is 5.69 Å². The number of hydrogen-bond donors (Lipinski definition) is 0. The lowest BCUT2D eigenvalue weighted by molar-refractivity contribution is -0.401. The van der Waals surface area contributed by atoms with Gasteiger partial charge in [0, 0.05) is 12.3 Å². The molecule has 0 saturated heterocycles. The van der Waals surface area contributed by atoms with E-state index in [2.05, 4.69) is 4.98 Å². The molecule has 0 atom stereocenters. The number of nitro groups is 1. The molecule has 0 amide bonds. The molecule has 4 heteroatoms. The van der Waals surface area contributed by atoms with Gasteiger partial charge in [-0.2, -0.15) is 0 Å². The summed E-state index contributed by atoms with van der Waals surface area (Å²) in [6.07, 6.45) is 3.79. The van der Waals surface area contributed by atoms with Crippen molar-refractivity contribution < 1.29 is 4.92 Å². The Labute approximate surface area is 63.3 Å². The number of rotatable bonds is 2. The lowest BCUT2D eigenvalue weighted by Crippen LogP contribution is -1.83. The lowest BCUT2D eigenvalue weighted by Gasteiger charge is -1.85. The van der Waals surface area contributed by atoms with Gasteiger partial charge < -0.3 is 0 Å². The van der Waals surface area contributed by atoms with Crippen LogP contribution in [0, 0.1) is 10.1 Å². The highest BCUT2D eigenvalue weighted by Crippen LogP contribution is 1.95. The summed E-state index contributed by atoms with van der Waals surface area (Å²) in [6.45, 7) is 0. The van der Waals surface area contributed by atoms with Gasteiger partial charge in [0.1, 0.15) is 0 Å². The minimum atomic E-state index is -0.519. The molecule has 11 heavy (non-hydrogen) atoms. The van der Waals surface area contributed by atoms with Gasteiger partial charge in [-0.15, -0.1) is 0 Å². The molecule has 1 aromatic rings. The molecule has 0 spiro atoms. The largest absolute Gasteiger partial charge is 0.259 e. The van der Waals surface area contributed by atoms with Crippen molar-refractivity contribution in [1.82, 2.24) is 4.98 Å². The molecule has 0 radical (unpaired) electrons. The maximum atomic E-state index is 9.86. The summed E-state index contributed by atoms with van der Waals surface area (Å²) >= 11 is 0. The quantitative estimate of drug-likeness (QED) is 0.472. The minimum absolute atomic E-state index is 0.519. The van der Waals surface area contributed by atoms with E-state index in [0.29, 0.717) is 5.69 Å². The molecule has 1 heterocycles. The predicted molar refractivity (Wildman–Crippen MR) is 40.3 cm³/mol. The Morgan fingerprint density at radius 3 is 2.91 bits per heavy atom. The van der Waals surface area contributed by atoms with Crippen molar-refractivity contribution in [2.24, 2.45) is 0 Å². The van der Waals surface area contributed by atoms with E-state index in [9.17, 15) is 10.1 Å². The standard InChI is InChI=1S/C7H6N2O2/c10-9(11)6-4-7-3-1-2-5-8-7/h1-6H/b6-4-. The van der Waals surface area contributed by atoms with Crippen LogP contribution in [-0.2, 0) is 0 Å². The van der Waals surface area contributed by atoms with E-state index in [1.54, 1.807) is 24.4 Å². The van der Waals surface area contributed by atoms with Gasteiger partial charge in [-0.3, -0.25) is 15.1 Å². The lowest BCUT2D eigenvalue weighted by atomic mass is 10.3. The number of nitrogens with zero attached hydrogens (tertiary/aromatic N) is 2. The normalized spacial score (nSPS) is 10.2. The number of hydrogen-bond acceptors (Lipinski definition) is 3. The highest BCUT2D eigenvalue weighted by molar-refractivity contribution is 5.41. The Morgan fingerprint density at radius 2 is 2.36 bits per heavy atom. The van der Waals surface area contributed by atoms with Crippen LogP contribution >= 0.6 is 0 Å². The summed E-state index contributed by atoms with van der Waals surface area (Å²) in [6, 6.07) is 5.22. The van der Waals surface area contributed by atoms with Crippen LogP contribution in [0.25, 0.3) is 6.08 Å². The van der Waals surface area contributed by atoms with Gasteiger partial charge in [0.05, 0.1) is 10.6 Å². The summed E-state index contributed by atoms with van der Waals surface area (Å²) in [5.74, 6) is 0. The fourth-order valence-corrected chi connectivity index (χ4v) is 0.612. The molecule has 4 nitrogen and oxygen atoms in total. The molecule has 0 bridgehead atoms. The molecule has 0 aliphatic carbocycles. The molecule has 0 aliphatic heterocycles. The first-order valence-corrected chi connectivity index (χ1v) is 3.02. The highest BCUT2D eigenvalue weighted by Gasteiger charge is 1.87. The van der Waals surface area contributed by atoms with E-state index < -0.39 is 4.92 Å². The van der Waals surface area contributed by atoms with Crippen molar-refractivity contribution in [2.45, 2.75) is 0 Å². The van der Waals surface area contributed by atoms with Crippen molar-refractivity contribution in [1.29, 1.82) is 0 Å². The average Bonchev–Trinajstić information content (AvgIpc) is 2.03. The van der Waals surface area contributed by atoms with Crippen LogP contribution in [0.5, 0.6) is 0 Å². The predicted octanol–water partition coefficient (Wildman–Crippen LogP) is 1.33. The summed E-state index contributed by atoms with van der Waals surface area (Å²) in [5, 5.41) is 9.86. The second-order valence-corrected chi connectivity index (χ2v) is 1.86. The van der Waals surface area contributed by atoms with Gasteiger partial charge in [0.15, 0.2) is 0 Å². The number of pyridine rings is 1. The Balaban J connectivity index is 2.72. The second kappa shape index (κ2) is 3.46. The molecular formula is C7H6N2O2. The smallest absolute Gasteiger partial charge is 0.236 e. The molecule has 0 aliphatic rings. The Bertz CT molecular complexity index is 269. The highest BCUT2D eigenvalue weighted by atomic mass is 16.6. The van der Waals surface area contributed by atoms with E-state index in [0.717, 1.165) is 6.20 Å². The summed E-state index contributed by atoms with van der Waals surface area (Å²) in [5.41, 5.74) is 0.587. The van der Waals surface area contributed by atoms with Crippen molar-refractivity contribution >= 4 is 6.08 Å². The maximum Gasteiger partial charge on any atom is 0.236 e. The zero-order chi connectivity index (χ0) is 8.10. The van der Waals surface area contributed by atoms with Crippen molar-refractivity contribution in [3.05, 3.63) is 46.4 Å². The van der Waals surface area contributed by atoms with Gasteiger partial charge in [0.25, 0.3) is 0 Å². The van der Waals surface area contributed by atoms with E-state index >= 15 is 0 Å². The van der Waals surface area contributed by atoms with Crippen LogP contribution in [0.2, 0.25) is 0 Å². The Hall–Kier alpha value is -1.71. The monoisotopic (exact) mass is 150 g/mol. The first-order valence-electron chi connectivity index (χ1n) is 3.02. The maximum absolute atomic E-state index is 9.86. The first kappa shape index (κ1) is 7.40. The van der Waals surface area contributed by atoms with Crippen LogP contribution in [0.4, 0.5) is 0 Å². The van der Waals surface area contributed by atoms with Crippen LogP contribution in [0.15, 0.2) is 30.6 Å². The van der Waals surface area contributed by atoms with E-state index in [1.165, 1.54) is 6.08 Å². The zero-order valence-corrected chi connectivity index (χ0v) is 5.68. The Kier molecular flexibility index (Phi) is 2.32. The van der Waals surface area contributed by atoms with E-state index in [4.69, 9.17) is 0 Å². The van der Waals surface area contributed by atoms with Gasteiger partial charge in [-0.25, -0.2) is 0 Å². The fourth-order valence-electron chi connectivity index (χ4n) is 0.612. The molecular weight excluding hydrogens is 144 g/mol. The number of aromatic nitrogens is 1. The van der Waals surface area contributed by atoms with Crippen molar-refractivity contribution in [3.8, 4) is 0 Å². The SMILES string of the molecule is O=[N+]([O-])/C=C\c1ccccn1. The third-order valence-corrected chi connectivity index (χ3v) is 1.05. The zero-order valence-electron chi connectivity index (χ0n) is 5.68. The molecule has 0 unspecified atom stereocenters. The topological polar surface area (TPSA) is 56.0 Å². The van der Waals surface area contributed by atoms with Gasteiger partial charge in [-0.1, -0.05) is 6.07 Å². The fraction of sp³-hybridized carbons (Fsp3) is 0. The van der Waals surface area contributed by atoms with Gasteiger partial charge in [-0.05, 0) is 12.1 Å². The summed E-state index contributed by atoms with van der Waals surface area (Å²) < 4.78 is 0. The van der Waals surface area contributed by atoms with Gasteiger partial charge in [0.2, 0.25) is 6.20 Å². The molecule has 1 rings (SSSR count). The minimum Gasteiger partial charge on any atom is -0.259 e. The Morgan fingerprint density at radius 1 is 1.55 bits per heavy atom. The van der Waals surface area contributed by atoms with E-state index in [1.807, 2.05) is 0 Å². The van der Waals surface area contributed by atoms with Crippen molar-refractivity contribution in [3.63, 3.8) is 0 Å².